The van der Waals surface area contributed by atoms with Gasteiger partial charge in [-0.05, 0) is 62.4 Å². The van der Waals surface area contributed by atoms with Crippen LogP contribution in [0.3, 0.4) is 0 Å². The maximum Gasteiger partial charge on any atom is 0.255 e. The zero-order valence-corrected chi connectivity index (χ0v) is 18.5. The Hall–Kier alpha value is -4.39. The molecule has 7 heteroatoms. The number of amides is 1. The van der Waals surface area contributed by atoms with Gasteiger partial charge in [-0.2, -0.15) is 0 Å². The summed E-state index contributed by atoms with van der Waals surface area (Å²) < 4.78 is 5.47. The molecule has 1 amide bonds. The van der Waals surface area contributed by atoms with Gasteiger partial charge in [-0.3, -0.25) is 9.78 Å². The lowest BCUT2D eigenvalue weighted by molar-refractivity contribution is 0.102. The van der Waals surface area contributed by atoms with Gasteiger partial charge < -0.3 is 10.1 Å². The van der Waals surface area contributed by atoms with Crippen LogP contribution in [0.4, 0.5) is 5.69 Å². The van der Waals surface area contributed by atoms with Gasteiger partial charge in [0.1, 0.15) is 5.75 Å². The van der Waals surface area contributed by atoms with Crippen molar-refractivity contribution in [3.05, 3.63) is 83.8 Å². The molecule has 33 heavy (non-hydrogen) atoms. The van der Waals surface area contributed by atoms with E-state index in [0.717, 1.165) is 33.5 Å². The summed E-state index contributed by atoms with van der Waals surface area (Å²) >= 11 is 0. The fourth-order valence-corrected chi connectivity index (χ4v) is 3.63. The highest BCUT2D eigenvalue weighted by Crippen LogP contribution is 2.31. The predicted octanol–water partition coefficient (Wildman–Crippen LogP) is 5.12. The van der Waals surface area contributed by atoms with Gasteiger partial charge in [0.05, 0.1) is 58.1 Å². The Morgan fingerprint density at radius 1 is 0.818 bits per heavy atom. The van der Waals surface area contributed by atoms with Gasteiger partial charge in [0.2, 0.25) is 0 Å². The van der Waals surface area contributed by atoms with E-state index in [4.69, 9.17) is 9.72 Å². The SMILES string of the molecule is COc1ccc(-c2cnc3ccccc3n2)cc1NC(=O)c1ccc2nc(C)c(C)nc2c1. The number of anilines is 1. The van der Waals surface area contributed by atoms with Gasteiger partial charge in [0.15, 0.2) is 0 Å². The molecular weight excluding hydrogens is 414 g/mol. The zero-order valence-electron chi connectivity index (χ0n) is 18.5. The third kappa shape index (κ3) is 3.96. The average Bonchev–Trinajstić information content (AvgIpc) is 2.84. The molecule has 0 saturated heterocycles. The zero-order chi connectivity index (χ0) is 22.9. The van der Waals surface area contributed by atoms with E-state index in [1.54, 1.807) is 31.5 Å². The molecule has 0 aliphatic rings. The van der Waals surface area contributed by atoms with Crippen LogP contribution in [0.1, 0.15) is 21.7 Å². The average molecular weight is 435 g/mol. The van der Waals surface area contributed by atoms with Crippen molar-refractivity contribution in [3.8, 4) is 17.0 Å². The summed E-state index contributed by atoms with van der Waals surface area (Å²) in [6.07, 6.45) is 1.72. The van der Waals surface area contributed by atoms with Crippen LogP contribution >= 0.6 is 0 Å². The molecule has 0 fully saturated rings. The van der Waals surface area contributed by atoms with E-state index in [1.165, 1.54) is 0 Å². The second kappa shape index (κ2) is 8.27. The Kier molecular flexibility index (Phi) is 5.14. The number of nitrogens with one attached hydrogen (secondary N) is 1. The second-order valence-electron chi connectivity index (χ2n) is 7.71. The maximum atomic E-state index is 13.1. The standard InChI is InChI=1S/C26H21N5O2/c1-15-16(2)29-22-13-18(8-10-21(22)28-15)26(32)31-23-12-17(9-11-25(23)33-3)24-14-27-19-6-4-5-7-20(19)30-24/h4-14H,1-3H3,(H,31,32). The smallest absolute Gasteiger partial charge is 0.255 e. The van der Waals surface area contributed by atoms with E-state index in [0.29, 0.717) is 28.2 Å². The molecular formula is C26H21N5O2. The summed E-state index contributed by atoms with van der Waals surface area (Å²) in [5, 5.41) is 2.96. The van der Waals surface area contributed by atoms with Gasteiger partial charge in [-0.15, -0.1) is 0 Å². The molecule has 0 radical (unpaired) electrons. The minimum absolute atomic E-state index is 0.267. The first-order valence-corrected chi connectivity index (χ1v) is 10.5. The first-order chi connectivity index (χ1) is 16.0. The molecule has 2 aromatic heterocycles. The van der Waals surface area contributed by atoms with Crippen molar-refractivity contribution in [1.29, 1.82) is 0 Å². The summed E-state index contributed by atoms with van der Waals surface area (Å²) in [6.45, 7) is 3.82. The lowest BCUT2D eigenvalue weighted by Gasteiger charge is -2.13. The summed E-state index contributed by atoms with van der Waals surface area (Å²) in [4.78, 5) is 31.3. The van der Waals surface area contributed by atoms with Crippen LogP contribution in [0.2, 0.25) is 0 Å². The predicted molar refractivity (Wildman–Crippen MR) is 128 cm³/mol. The Bertz CT molecular complexity index is 1530. The highest BCUT2D eigenvalue weighted by Gasteiger charge is 2.14. The van der Waals surface area contributed by atoms with Gasteiger partial charge in [-0.1, -0.05) is 12.1 Å². The lowest BCUT2D eigenvalue weighted by atomic mass is 10.1. The lowest BCUT2D eigenvalue weighted by Crippen LogP contribution is -2.13. The van der Waals surface area contributed by atoms with Crippen molar-refractivity contribution in [2.45, 2.75) is 13.8 Å². The molecule has 0 aliphatic heterocycles. The van der Waals surface area contributed by atoms with Gasteiger partial charge in [0.25, 0.3) is 5.91 Å². The van der Waals surface area contributed by atoms with E-state index < -0.39 is 0 Å². The van der Waals surface area contributed by atoms with Crippen LogP contribution in [0, 0.1) is 13.8 Å². The molecule has 5 aromatic rings. The maximum absolute atomic E-state index is 13.1. The summed E-state index contributed by atoms with van der Waals surface area (Å²) in [5.41, 5.74) is 7.33. The number of benzene rings is 3. The van der Waals surface area contributed by atoms with Crippen molar-refractivity contribution >= 4 is 33.7 Å². The number of aryl methyl sites for hydroxylation is 2. The molecule has 0 aliphatic carbocycles. The van der Waals surface area contributed by atoms with Crippen LogP contribution in [0.15, 0.2) is 66.9 Å². The molecule has 0 bridgehead atoms. The van der Waals surface area contributed by atoms with Crippen LogP contribution in [0.5, 0.6) is 5.75 Å². The third-order valence-electron chi connectivity index (χ3n) is 5.53. The molecule has 0 unspecified atom stereocenters. The molecule has 2 heterocycles. The van der Waals surface area contributed by atoms with Gasteiger partial charge >= 0.3 is 0 Å². The van der Waals surface area contributed by atoms with Crippen molar-refractivity contribution < 1.29 is 9.53 Å². The van der Waals surface area contributed by atoms with Crippen molar-refractivity contribution in [3.63, 3.8) is 0 Å². The number of para-hydroxylation sites is 2. The van der Waals surface area contributed by atoms with E-state index in [1.807, 2.05) is 56.3 Å². The molecule has 7 nitrogen and oxygen atoms in total. The summed E-state index contributed by atoms with van der Waals surface area (Å²) in [6, 6.07) is 18.5. The van der Waals surface area contributed by atoms with E-state index in [2.05, 4.69) is 20.3 Å². The minimum atomic E-state index is -0.267. The largest absolute Gasteiger partial charge is 0.495 e. The quantitative estimate of drug-likeness (QED) is 0.422. The van der Waals surface area contributed by atoms with Gasteiger partial charge in [0, 0.05) is 11.1 Å². The molecule has 1 N–H and O–H groups in total. The molecule has 5 rings (SSSR count). The number of aromatic nitrogens is 4. The Morgan fingerprint density at radius 3 is 2.33 bits per heavy atom. The number of rotatable bonds is 4. The number of fused-ring (bicyclic) bond motifs is 2. The number of methoxy groups -OCH3 is 1. The van der Waals surface area contributed by atoms with E-state index >= 15 is 0 Å². The number of ether oxygens (including phenoxy) is 1. The van der Waals surface area contributed by atoms with Gasteiger partial charge in [-0.25, -0.2) is 15.0 Å². The molecule has 0 spiro atoms. The highest BCUT2D eigenvalue weighted by atomic mass is 16.5. The topological polar surface area (TPSA) is 89.9 Å². The van der Waals surface area contributed by atoms with E-state index in [9.17, 15) is 4.79 Å². The first kappa shape index (κ1) is 20.5. The van der Waals surface area contributed by atoms with E-state index in [-0.39, 0.29) is 5.91 Å². The molecule has 0 saturated carbocycles. The summed E-state index contributed by atoms with van der Waals surface area (Å²) in [5.74, 6) is 0.282. The first-order valence-electron chi connectivity index (χ1n) is 10.5. The van der Waals surface area contributed by atoms with Crippen molar-refractivity contribution in [1.82, 2.24) is 19.9 Å². The summed E-state index contributed by atoms with van der Waals surface area (Å²) in [7, 11) is 1.57. The monoisotopic (exact) mass is 435 g/mol. The highest BCUT2D eigenvalue weighted by molar-refractivity contribution is 6.06. The Balaban J connectivity index is 1.48. The Labute approximate surface area is 190 Å². The molecule has 0 atom stereocenters. The van der Waals surface area contributed by atoms with Crippen LogP contribution < -0.4 is 10.1 Å². The van der Waals surface area contributed by atoms with Crippen LogP contribution in [-0.2, 0) is 0 Å². The fourth-order valence-electron chi connectivity index (χ4n) is 3.63. The molecule has 162 valence electrons. The minimum Gasteiger partial charge on any atom is -0.495 e. The van der Waals surface area contributed by atoms with Crippen LogP contribution in [-0.4, -0.2) is 33.0 Å². The third-order valence-corrected chi connectivity index (χ3v) is 5.53. The second-order valence-corrected chi connectivity index (χ2v) is 7.71. The molecule has 3 aromatic carbocycles. The number of hydrogen-bond donors (Lipinski definition) is 1. The van der Waals surface area contributed by atoms with Crippen molar-refractivity contribution in [2.24, 2.45) is 0 Å². The number of carbonyl (C=O) groups excluding carboxylic acids is 1. The van der Waals surface area contributed by atoms with Crippen molar-refractivity contribution in [2.75, 3.05) is 12.4 Å². The fraction of sp³-hybridized carbons (Fsp3) is 0.115. The van der Waals surface area contributed by atoms with Crippen LogP contribution in [0.25, 0.3) is 33.3 Å². The number of nitrogens with zero attached hydrogens (tertiary/aromatic N) is 4. The Morgan fingerprint density at radius 2 is 1.55 bits per heavy atom. The number of hydrogen-bond acceptors (Lipinski definition) is 6. The number of carbonyl (C=O) groups is 1. The normalized spacial score (nSPS) is 11.0.